The molecule has 0 radical (unpaired) electrons. The van der Waals surface area contributed by atoms with Crippen LogP contribution in [-0.2, 0) is 29.7 Å². The third-order valence-electron chi connectivity index (χ3n) is 1.93. The zero-order valence-electron chi connectivity index (χ0n) is 9.60. The standard InChI is InChI=1S/C6H13NO11S2/c8-1-3(7-19(12,13)14)5(10)6(11)4(9)2-18-20(15,16)17/h1,3-7,9-11H,2H2,(H,12,13,14)(H,15,16,17)/t3-,4+,5+,6+/m0/s1. The quantitative estimate of drug-likeness (QED) is 0.175. The highest BCUT2D eigenvalue weighted by Gasteiger charge is 2.34. The lowest BCUT2D eigenvalue weighted by molar-refractivity contribution is -0.118. The van der Waals surface area contributed by atoms with Gasteiger partial charge in [0.1, 0.15) is 30.6 Å². The van der Waals surface area contributed by atoms with Crippen LogP contribution in [0.2, 0.25) is 0 Å². The summed E-state index contributed by atoms with van der Waals surface area (Å²) in [5, 5.41) is 28.0. The molecule has 0 aromatic carbocycles. The van der Waals surface area contributed by atoms with Crippen LogP contribution in [0.15, 0.2) is 0 Å². The fraction of sp³-hybridized carbons (Fsp3) is 0.833. The average Bonchev–Trinajstić information content (AvgIpc) is 2.29. The molecule has 0 aromatic heterocycles. The Balaban J connectivity index is 4.72. The van der Waals surface area contributed by atoms with Crippen molar-refractivity contribution in [3.8, 4) is 0 Å². The number of hydrogen-bond acceptors (Lipinski definition) is 9. The molecule has 0 aromatic rings. The number of aliphatic hydroxyl groups is 3. The Labute approximate surface area is 113 Å². The summed E-state index contributed by atoms with van der Waals surface area (Å²) in [6.07, 6.45) is -6.72. The molecule has 6 N–H and O–H groups in total. The second kappa shape index (κ2) is 7.34. The largest absolute Gasteiger partial charge is 0.397 e. The van der Waals surface area contributed by atoms with Gasteiger partial charge >= 0.3 is 20.7 Å². The van der Waals surface area contributed by atoms with Gasteiger partial charge in [0.15, 0.2) is 0 Å². The minimum absolute atomic E-state index is 0.183. The van der Waals surface area contributed by atoms with Gasteiger partial charge in [-0.05, 0) is 0 Å². The molecule has 0 amide bonds. The number of aldehydes is 1. The van der Waals surface area contributed by atoms with Crippen molar-refractivity contribution in [1.82, 2.24) is 4.72 Å². The molecule has 0 rings (SSSR count). The van der Waals surface area contributed by atoms with Gasteiger partial charge in [-0.15, -0.1) is 0 Å². The molecular weight excluding hydrogens is 326 g/mol. The first kappa shape index (κ1) is 19.3. The fourth-order valence-electron chi connectivity index (χ4n) is 1.04. The van der Waals surface area contributed by atoms with Crippen LogP contribution in [0, 0.1) is 0 Å². The van der Waals surface area contributed by atoms with Crippen LogP contribution in [0.5, 0.6) is 0 Å². The van der Waals surface area contributed by atoms with Crippen LogP contribution in [0.3, 0.4) is 0 Å². The van der Waals surface area contributed by atoms with Gasteiger partial charge in [0.25, 0.3) is 0 Å². The molecule has 0 saturated heterocycles. The number of carbonyl (C=O) groups is 1. The molecular formula is C6H13NO11S2. The lowest BCUT2D eigenvalue weighted by Gasteiger charge is -2.25. The van der Waals surface area contributed by atoms with Crippen molar-refractivity contribution in [2.75, 3.05) is 6.61 Å². The van der Waals surface area contributed by atoms with Crippen molar-refractivity contribution >= 4 is 27.0 Å². The molecule has 0 aliphatic heterocycles. The second-order valence-corrected chi connectivity index (χ2v) is 5.79. The van der Waals surface area contributed by atoms with E-state index in [0.717, 1.165) is 0 Å². The summed E-state index contributed by atoms with van der Waals surface area (Å²) >= 11 is 0. The van der Waals surface area contributed by atoms with Gasteiger partial charge in [-0.1, -0.05) is 0 Å². The van der Waals surface area contributed by atoms with E-state index in [1.165, 1.54) is 4.72 Å². The van der Waals surface area contributed by atoms with Gasteiger partial charge in [-0.2, -0.15) is 21.6 Å². The molecule has 12 nitrogen and oxygen atoms in total. The Morgan fingerprint density at radius 1 is 1.05 bits per heavy atom. The summed E-state index contributed by atoms with van der Waals surface area (Å²) in [7, 11) is -9.78. The van der Waals surface area contributed by atoms with Gasteiger partial charge in [0.05, 0.1) is 6.61 Å². The van der Waals surface area contributed by atoms with Crippen LogP contribution in [0.4, 0.5) is 0 Å². The summed E-state index contributed by atoms with van der Waals surface area (Å²) in [5.41, 5.74) is 0. The molecule has 0 bridgehead atoms. The molecule has 120 valence electrons. The molecule has 0 aliphatic rings. The van der Waals surface area contributed by atoms with Crippen molar-refractivity contribution in [2.24, 2.45) is 0 Å². The minimum atomic E-state index is -4.91. The summed E-state index contributed by atoms with van der Waals surface area (Å²) in [6, 6.07) is -2.01. The maximum absolute atomic E-state index is 10.5. The van der Waals surface area contributed by atoms with Gasteiger partial charge in [-0.3, -0.25) is 9.11 Å². The monoisotopic (exact) mass is 339 g/mol. The highest BCUT2D eigenvalue weighted by atomic mass is 32.3. The van der Waals surface area contributed by atoms with Crippen LogP contribution in [-0.4, -0.2) is 78.5 Å². The molecule has 0 saturated carbocycles. The molecule has 0 unspecified atom stereocenters. The van der Waals surface area contributed by atoms with E-state index >= 15 is 0 Å². The maximum atomic E-state index is 10.5. The highest BCUT2D eigenvalue weighted by Crippen LogP contribution is 2.06. The van der Waals surface area contributed by atoms with Gasteiger partial charge in [0.2, 0.25) is 0 Å². The normalized spacial score (nSPS) is 19.1. The highest BCUT2D eigenvalue weighted by molar-refractivity contribution is 7.83. The predicted molar refractivity (Wildman–Crippen MR) is 60.1 cm³/mol. The lowest BCUT2D eigenvalue weighted by Crippen LogP contribution is -2.53. The molecule has 4 atom stereocenters. The van der Waals surface area contributed by atoms with E-state index in [1.54, 1.807) is 0 Å². The van der Waals surface area contributed by atoms with E-state index in [-0.39, 0.29) is 6.29 Å². The number of nitrogens with one attached hydrogen (secondary N) is 1. The predicted octanol–water partition coefficient (Wildman–Crippen LogP) is -4.15. The zero-order valence-corrected chi connectivity index (χ0v) is 11.2. The maximum Gasteiger partial charge on any atom is 0.397 e. The Kier molecular flexibility index (Phi) is 7.08. The summed E-state index contributed by atoms with van der Waals surface area (Å²) in [6.45, 7) is -1.17. The molecule has 0 aliphatic carbocycles. The molecule has 14 heteroatoms. The van der Waals surface area contributed by atoms with E-state index in [0.29, 0.717) is 0 Å². The Bertz CT molecular complexity index is 513. The van der Waals surface area contributed by atoms with E-state index < -0.39 is 51.7 Å². The number of rotatable bonds is 9. The van der Waals surface area contributed by atoms with Gasteiger partial charge in [-0.25, -0.2) is 4.18 Å². The van der Waals surface area contributed by atoms with Crippen molar-refractivity contribution in [3.63, 3.8) is 0 Å². The smallest absolute Gasteiger partial charge is 0.388 e. The third-order valence-corrected chi connectivity index (χ3v) is 2.94. The van der Waals surface area contributed by atoms with E-state index in [4.69, 9.17) is 9.11 Å². The minimum Gasteiger partial charge on any atom is -0.388 e. The second-order valence-electron chi connectivity index (χ2n) is 3.52. The number of hydrogen-bond donors (Lipinski definition) is 6. The van der Waals surface area contributed by atoms with E-state index in [1.807, 2.05) is 0 Å². The molecule has 0 fully saturated rings. The Morgan fingerprint density at radius 2 is 1.55 bits per heavy atom. The fourth-order valence-corrected chi connectivity index (χ4v) is 1.89. The van der Waals surface area contributed by atoms with Crippen molar-refractivity contribution in [2.45, 2.75) is 24.4 Å². The topological polar surface area (TPSA) is 208 Å². The summed E-state index contributed by atoms with van der Waals surface area (Å²) < 4.78 is 62.9. The average molecular weight is 339 g/mol. The lowest BCUT2D eigenvalue weighted by atomic mass is 10.0. The zero-order chi connectivity index (χ0) is 16.1. The van der Waals surface area contributed by atoms with Crippen LogP contribution >= 0.6 is 0 Å². The third kappa shape index (κ3) is 7.78. The Morgan fingerprint density at radius 3 is 1.90 bits per heavy atom. The molecule has 20 heavy (non-hydrogen) atoms. The van der Waals surface area contributed by atoms with Gasteiger partial charge in [0, 0.05) is 0 Å². The number of aliphatic hydroxyl groups excluding tert-OH is 3. The molecule has 0 heterocycles. The first-order valence-electron chi connectivity index (χ1n) is 4.73. The van der Waals surface area contributed by atoms with E-state index in [2.05, 4.69) is 4.18 Å². The van der Waals surface area contributed by atoms with Crippen LogP contribution in [0.25, 0.3) is 0 Å². The Hall–Kier alpha value is -0.710. The van der Waals surface area contributed by atoms with Gasteiger partial charge < -0.3 is 20.1 Å². The van der Waals surface area contributed by atoms with Crippen molar-refractivity contribution in [1.29, 1.82) is 0 Å². The first-order valence-corrected chi connectivity index (χ1v) is 7.54. The number of carbonyl (C=O) groups excluding carboxylic acids is 1. The SMILES string of the molecule is O=C[C@H](NS(=O)(=O)O)[C@@H](O)[C@H](O)[C@H](O)COS(=O)(=O)O. The molecule has 0 spiro atoms. The van der Waals surface area contributed by atoms with E-state index in [9.17, 15) is 36.9 Å². The summed E-state index contributed by atoms with van der Waals surface area (Å²) in [4.78, 5) is 10.5. The van der Waals surface area contributed by atoms with Crippen molar-refractivity contribution < 1.29 is 50.2 Å². The summed E-state index contributed by atoms with van der Waals surface area (Å²) in [5.74, 6) is 0. The van der Waals surface area contributed by atoms with Crippen LogP contribution < -0.4 is 4.72 Å². The van der Waals surface area contributed by atoms with Crippen molar-refractivity contribution in [3.05, 3.63) is 0 Å². The van der Waals surface area contributed by atoms with Crippen LogP contribution in [0.1, 0.15) is 0 Å². The first-order chi connectivity index (χ1) is 8.87.